The van der Waals surface area contributed by atoms with Crippen LogP contribution in [0.25, 0.3) is 0 Å². The second-order valence-electron chi connectivity index (χ2n) is 5.51. The molecule has 3 N–H and O–H groups in total. The smallest absolute Gasteiger partial charge is 0.271 e. The molecule has 2 amide bonds. The van der Waals surface area contributed by atoms with E-state index in [0.717, 1.165) is 0 Å². The summed E-state index contributed by atoms with van der Waals surface area (Å²) < 4.78 is 16.4. The van der Waals surface area contributed by atoms with Crippen LogP contribution in [0.2, 0.25) is 0 Å². The first-order chi connectivity index (χ1) is 11.9. The maximum Gasteiger partial charge on any atom is 0.271 e. The molecule has 1 aromatic heterocycles. The van der Waals surface area contributed by atoms with Crippen molar-refractivity contribution in [2.24, 2.45) is 5.73 Å². The Hall–Kier alpha value is -3.29. The molecule has 1 atom stereocenters. The molecule has 0 saturated heterocycles. The summed E-state index contributed by atoms with van der Waals surface area (Å²) in [5.74, 6) is -0.849. The summed E-state index contributed by atoms with van der Waals surface area (Å²) in [6.45, 7) is 2.79. The van der Waals surface area contributed by atoms with Crippen LogP contribution in [0.1, 0.15) is 33.4 Å². The number of Topliss-reactive ketones (excluding diaryl/α,β-unsaturated/α-hetero) is 1. The highest BCUT2D eigenvalue weighted by atomic mass is 16.6. The molecule has 0 saturated carbocycles. The fourth-order valence-electron chi connectivity index (χ4n) is 2.63. The summed E-state index contributed by atoms with van der Waals surface area (Å²) in [5.41, 5.74) is 5.22. The summed E-state index contributed by atoms with van der Waals surface area (Å²) in [7, 11) is 0. The summed E-state index contributed by atoms with van der Waals surface area (Å²) in [6, 6.07) is 6.94. The Morgan fingerprint density at radius 1 is 1.16 bits per heavy atom. The number of primary amides is 1. The largest absolute Gasteiger partial charge is 0.485 e. The van der Waals surface area contributed by atoms with Crippen molar-refractivity contribution in [2.75, 3.05) is 11.9 Å². The molecule has 25 heavy (non-hydrogen) atoms. The van der Waals surface area contributed by atoms with Gasteiger partial charge in [0, 0.05) is 0 Å². The molecule has 130 valence electrons. The van der Waals surface area contributed by atoms with Crippen LogP contribution in [0.4, 0.5) is 5.88 Å². The number of rotatable bonds is 4. The van der Waals surface area contributed by atoms with Crippen LogP contribution in [0.15, 0.2) is 28.7 Å². The first-order valence-electron chi connectivity index (χ1n) is 7.52. The number of hydrogen-bond donors (Lipinski definition) is 2. The van der Waals surface area contributed by atoms with Crippen molar-refractivity contribution in [2.45, 2.75) is 20.0 Å². The molecule has 1 aliphatic rings. The Morgan fingerprint density at radius 2 is 1.84 bits per heavy atom. The number of carbonyl (C=O) groups is 3. The van der Waals surface area contributed by atoms with E-state index in [1.54, 1.807) is 24.3 Å². The minimum Gasteiger partial charge on any atom is -0.485 e. The van der Waals surface area contributed by atoms with E-state index < -0.39 is 17.9 Å². The summed E-state index contributed by atoms with van der Waals surface area (Å²) >= 11 is 0. The first kappa shape index (κ1) is 16.6. The number of nitrogens with two attached hydrogens (primary N) is 1. The molecule has 0 radical (unpaired) electrons. The monoisotopic (exact) mass is 344 g/mol. The van der Waals surface area contributed by atoms with Gasteiger partial charge < -0.3 is 19.6 Å². The number of anilines is 1. The van der Waals surface area contributed by atoms with Gasteiger partial charge in [-0.15, -0.1) is 0 Å². The lowest BCUT2D eigenvalue weighted by atomic mass is 10.1. The van der Waals surface area contributed by atoms with E-state index in [1.165, 1.54) is 13.8 Å². The predicted octanol–water partition coefficient (Wildman–Crippen LogP) is 1.67. The highest BCUT2D eigenvalue weighted by molar-refractivity contribution is 6.12. The Balaban J connectivity index is 1.84. The van der Waals surface area contributed by atoms with Gasteiger partial charge in [-0.1, -0.05) is 12.1 Å². The minimum atomic E-state index is -0.943. The molecule has 2 heterocycles. The molecule has 2 aromatic rings. The van der Waals surface area contributed by atoms with Gasteiger partial charge in [0.15, 0.2) is 17.3 Å². The summed E-state index contributed by atoms with van der Waals surface area (Å²) in [6.07, 6.45) is -0.943. The van der Waals surface area contributed by atoms with E-state index in [4.69, 9.17) is 19.6 Å². The summed E-state index contributed by atoms with van der Waals surface area (Å²) in [4.78, 5) is 35.8. The van der Waals surface area contributed by atoms with Crippen LogP contribution < -0.4 is 20.5 Å². The van der Waals surface area contributed by atoms with Crippen molar-refractivity contribution in [1.29, 1.82) is 0 Å². The second kappa shape index (κ2) is 6.31. The average Bonchev–Trinajstić information content (AvgIpc) is 2.90. The molecule has 1 aromatic carbocycles. The van der Waals surface area contributed by atoms with Gasteiger partial charge in [-0.3, -0.25) is 19.7 Å². The van der Waals surface area contributed by atoms with Crippen LogP contribution >= 0.6 is 0 Å². The van der Waals surface area contributed by atoms with Gasteiger partial charge in [-0.25, -0.2) is 0 Å². The standard InChI is InChI=1S/C17H16N2O6/c1-8(20)13-9(2)24-17(14(13)15(18)21)19-16(22)12-7-23-10-5-3-4-6-11(10)25-12/h3-6,12H,7H2,1-2H3,(H2,18,21)(H,19,22). The Labute approximate surface area is 142 Å². The minimum absolute atomic E-state index is 0.00594. The number of ketones is 1. The molecule has 1 aliphatic heterocycles. The highest BCUT2D eigenvalue weighted by Gasteiger charge is 2.31. The number of amides is 2. The number of ether oxygens (including phenoxy) is 2. The lowest BCUT2D eigenvalue weighted by Gasteiger charge is -2.25. The van der Waals surface area contributed by atoms with E-state index >= 15 is 0 Å². The van der Waals surface area contributed by atoms with E-state index in [0.29, 0.717) is 11.5 Å². The first-order valence-corrected chi connectivity index (χ1v) is 7.52. The molecule has 0 fully saturated rings. The van der Waals surface area contributed by atoms with Crippen LogP contribution in [0.5, 0.6) is 11.5 Å². The van der Waals surface area contributed by atoms with Gasteiger partial charge in [0.2, 0.25) is 12.0 Å². The number of hydrogen-bond acceptors (Lipinski definition) is 6. The third kappa shape index (κ3) is 3.06. The zero-order valence-corrected chi connectivity index (χ0v) is 13.6. The molecule has 3 rings (SSSR count). The number of fused-ring (bicyclic) bond motifs is 1. The molecule has 0 aliphatic carbocycles. The zero-order valence-electron chi connectivity index (χ0n) is 13.6. The van der Waals surface area contributed by atoms with Crippen molar-refractivity contribution in [3.05, 3.63) is 41.2 Å². The number of benzene rings is 1. The van der Waals surface area contributed by atoms with Gasteiger partial charge in [0.25, 0.3) is 11.8 Å². The fraction of sp³-hybridized carbons (Fsp3) is 0.235. The Kier molecular flexibility index (Phi) is 4.18. The zero-order chi connectivity index (χ0) is 18.1. The van der Waals surface area contributed by atoms with Gasteiger partial charge in [0.05, 0.1) is 5.56 Å². The third-order valence-electron chi connectivity index (χ3n) is 3.72. The maximum absolute atomic E-state index is 12.4. The van der Waals surface area contributed by atoms with Crippen LogP contribution in [-0.4, -0.2) is 30.3 Å². The number of furan rings is 1. The number of nitrogens with one attached hydrogen (secondary N) is 1. The van der Waals surface area contributed by atoms with Crippen molar-refractivity contribution in [3.63, 3.8) is 0 Å². The topological polar surface area (TPSA) is 121 Å². The van der Waals surface area contributed by atoms with Crippen molar-refractivity contribution in [1.82, 2.24) is 0 Å². The molecule has 8 nitrogen and oxygen atoms in total. The van der Waals surface area contributed by atoms with Crippen molar-refractivity contribution in [3.8, 4) is 11.5 Å². The number of aryl methyl sites for hydroxylation is 1. The van der Waals surface area contributed by atoms with E-state index in [2.05, 4.69) is 5.32 Å². The van der Waals surface area contributed by atoms with E-state index in [-0.39, 0.29) is 35.2 Å². The average molecular weight is 344 g/mol. The van der Waals surface area contributed by atoms with Crippen LogP contribution in [0, 0.1) is 6.92 Å². The van der Waals surface area contributed by atoms with Crippen LogP contribution in [0.3, 0.4) is 0 Å². The maximum atomic E-state index is 12.4. The third-order valence-corrected chi connectivity index (χ3v) is 3.72. The Bertz CT molecular complexity index is 870. The van der Waals surface area contributed by atoms with Crippen molar-refractivity contribution >= 4 is 23.5 Å². The van der Waals surface area contributed by atoms with E-state index in [1.807, 2.05) is 0 Å². The predicted molar refractivity (Wildman–Crippen MR) is 87.0 cm³/mol. The molecular weight excluding hydrogens is 328 g/mol. The van der Waals surface area contributed by atoms with E-state index in [9.17, 15) is 14.4 Å². The SMILES string of the molecule is CC(=O)c1c(C)oc(NC(=O)C2COc3ccccc3O2)c1C(N)=O. The van der Waals surface area contributed by atoms with Crippen LogP contribution in [-0.2, 0) is 4.79 Å². The van der Waals surface area contributed by atoms with Gasteiger partial charge in [-0.05, 0) is 26.0 Å². The molecular formula is C17H16N2O6. The number of carbonyl (C=O) groups excluding carboxylic acids is 3. The Morgan fingerprint density at radius 3 is 2.48 bits per heavy atom. The second-order valence-corrected chi connectivity index (χ2v) is 5.51. The van der Waals surface area contributed by atoms with Gasteiger partial charge in [0.1, 0.15) is 17.9 Å². The van der Waals surface area contributed by atoms with Crippen molar-refractivity contribution < 1.29 is 28.3 Å². The fourth-order valence-corrected chi connectivity index (χ4v) is 2.63. The van der Waals surface area contributed by atoms with Gasteiger partial charge >= 0.3 is 0 Å². The van der Waals surface area contributed by atoms with Gasteiger partial charge in [-0.2, -0.15) is 0 Å². The molecule has 0 spiro atoms. The number of para-hydroxylation sites is 2. The molecule has 1 unspecified atom stereocenters. The highest BCUT2D eigenvalue weighted by Crippen LogP contribution is 2.32. The molecule has 8 heteroatoms. The lowest BCUT2D eigenvalue weighted by Crippen LogP contribution is -2.40. The molecule has 0 bridgehead atoms. The summed E-state index contributed by atoms with van der Waals surface area (Å²) in [5, 5.41) is 2.44. The quantitative estimate of drug-likeness (QED) is 0.814. The normalized spacial score (nSPS) is 15.5. The lowest BCUT2D eigenvalue weighted by molar-refractivity contribution is -0.125.